The van der Waals surface area contributed by atoms with Crippen LogP contribution in [0.4, 0.5) is 0 Å². The lowest BCUT2D eigenvalue weighted by Crippen LogP contribution is -2.10. The van der Waals surface area contributed by atoms with E-state index in [1.54, 1.807) is 0 Å². The predicted octanol–water partition coefficient (Wildman–Crippen LogP) is 3.75. The first kappa shape index (κ1) is 14.5. The van der Waals surface area contributed by atoms with E-state index in [0.717, 1.165) is 24.4 Å². The van der Waals surface area contributed by atoms with E-state index in [-0.39, 0.29) is 18.4 Å². The van der Waals surface area contributed by atoms with Gasteiger partial charge in [-0.2, -0.15) is 0 Å². The van der Waals surface area contributed by atoms with E-state index in [2.05, 4.69) is 26.8 Å². The molecule has 88 valence electrons. The minimum absolute atomic E-state index is 0. The van der Waals surface area contributed by atoms with Crippen molar-refractivity contribution in [3.63, 3.8) is 0 Å². The standard InChI is InChI=1S/C12H21NO.ClH/c1-8(2)5-6-11(13)12-7-9(3)10(4)14-12;/h7-8,11H,5-6,13H2,1-4H3;1H/t11-;/m0./s1. The predicted molar refractivity (Wildman–Crippen MR) is 66.4 cm³/mol. The first-order chi connectivity index (χ1) is 6.50. The monoisotopic (exact) mass is 231 g/mol. The Labute approximate surface area is 98.6 Å². The lowest BCUT2D eigenvalue weighted by molar-refractivity contribution is 0.411. The van der Waals surface area contributed by atoms with Crippen molar-refractivity contribution in [1.82, 2.24) is 0 Å². The molecular weight excluding hydrogens is 210 g/mol. The van der Waals surface area contributed by atoms with E-state index in [0.29, 0.717) is 5.92 Å². The molecule has 1 aromatic rings. The van der Waals surface area contributed by atoms with Gasteiger partial charge in [0, 0.05) is 0 Å². The average Bonchev–Trinajstić information content (AvgIpc) is 2.43. The van der Waals surface area contributed by atoms with Crippen LogP contribution < -0.4 is 5.73 Å². The highest BCUT2D eigenvalue weighted by atomic mass is 35.5. The van der Waals surface area contributed by atoms with Crippen molar-refractivity contribution >= 4 is 12.4 Å². The first-order valence-corrected chi connectivity index (χ1v) is 5.33. The van der Waals surface area contributed by atoms with Gasteiger partial charge >= 0.3 is 0 Å². The molecule has 0 aromatic carbocycles. The van der Waals surface area contributed by atoms with E-state index in [1.807, 2.05) is 6.92 Å². The van der Waals surface area contributed by atoms with Crippen LogP contribution in [0.25, 0.3) is 0 Å². The van der Waals surface area contributed by atoms with E-state index in [9.17, 15) is 0 Å². The molecule has 0 aliphatic rings. The number of furan rings is 1. The van der Waals surface area contributed by atoms with E-state index in [1.165, 1.54) is 5.56 Å². The van der Waals surface area contributed by atoms with Crippen LogP contribution in [0.5, 0.6) is 0 Å². The van der Waals surface area contributed by atoms with Gasteiger partial charge in [0.05, 0.1) is 6.04 Å². The highest BCUT2D eigenvalue weighted by molar-refractivity contribution is 5.85. The number of hydrogen-bond donors (Lipinski definition) is 1. The summed E-state index contributed by atoms with van der Waals surface area (Å²) in [7, 11) is 0. The van der Waals surface area contributed by atoms with Gasteiger partial charge in [-0.3, -0.25) is 0 Å². The Morgan fingerprint density at radius 3 is 2.27 bits per heavy atom. The van der Waals surface area contributed by atoms with E-state index >= 15 is 0 Å². The van der Waals surface area contributed by atoms with Crippen LogP contribution in [-0.4, -0.2) is 0 Å². The Bertz CT molecular complexity index is 274. The summed E-state index contributed by atoms with van der Waals surface area (Å²) >= 11 is 0. The van der Waals surface area contributed by atoms with Gasteiger partial charge < -0.3 is 10.2 Å². The average molecular weight is 232 g/mol. The Morgan fingerprint density at radius 1 is 1.27 bits per heavy atom. The third kappa shape index (κ3) is 4.27. The molecule has 15 heavy (non-hydrogen) atoms. The number of rotatable bonds is 4. The highest BCUT2D eigenvalue weighted by Crippen LogP contribution is 2.23. The van der Waals surface area contributed by atoms with Crippen LogP contribution >= 0.6 is 12.4 Å². The zero-order valence-electron chi connectivity index (χ0n) is 10.0. The summed E-state index contributed by atoms with van der Waals surface area (Å²) in [4.78, 5) is 0. The van der Waals surface area contributed by atoms with Crippen molar-refractivity contribution < 1.29 is 4.42 Å². The van der Waals surface area contributed by atoms with Crippen LogP contribution in [0.15, 0.2) is 10.5 Å². The summed E-state index contributed by atoms with van der Waals surface area (Å²) in [5.74, 6) is 2.62. The summed E-state index contributed by atoms with van der Waals surface area (Å²) in [6.07, 6.45) is 2.16. The third-order valence-electron chi connectivity index (χ3n) is 2.61. The zero-order valence-corrected chi connectivity index (χ0v) is 10.9. The minimum Gasteiger partial charge on any atom is -0.464 e. The van der Waals surface area contributed by atoms with E-state index in [4.69, 9.17) is 10.2 Å². The molecule has 0 unspecified atom stereocenters. The molecule has 0 saturated heterocycles. The molecule has 1 atom stereocenters. The summed E-state index contributed by atoms with van der Waals surface area (Å²) < 4.78 is 5.58. The third-order valence-corrected chi connectivity index (χ3v) is 2.61. The van der Waals surface area contributed by atoms with Crippen molar-refractivity contribution in [2.45, 2.75) is 46.6 Å². The maximum absolute atomic E-state index is 6.03. The normalized spacial score (nSPS) is 12.7. The fourth-order valence-corrected chi connectivity index (χ4v) is 1.44. The van der Waals surface area contributed by atoms with Gasteiger partial charge in [0.15, 0.2) is 0 Å². The van der Waals surface area contributed by atoms with Crippen LogP contribution in [0.1, 0.15) is 49.8 Å². The second-order valence-corrected chi connectivity index (χ2v) is 4.47. The zero-order chi connectivity index (χ0) is 10.7. The van der Waals surface area contributed by atoms with Crippen LogP contribution in [0.2, 0.25) is 0 Å². The molecule has 1 heterocycles. The lowest BCUT2D eigenvalue weighted by atomic mass is 10.0. The molecule has 1 aromatic heterocycles. The second kappa shape index (κ2) is 6.19. The summed E-state index contributed by atoms with van der Waals surface area (Å²) in [5, 5.41) is 0. The largest absolute Gasteiger partial charge is 0.464 e. The molecule has 3 heteroatoms. The Morgan fingerprint density at radius 2 is 1.87 bits per heavy atom. The molecule has 0 fully saturated rings. The lowest BCUT2D eigenvalue weighted by Gasteiger charge is -2.10. The molecule has 0 radical (unpaired) electrons. The summed E-state index contributed by atoms with van der Waals surface area (Å²) in [6, 6.07) is 2.12. The second-order valence-electron chi connectivity index (χ2n) is 4.47. The number of hydrogen-bond acceptors (Lipinski definition) is 2. The van der Waals surface area contributed by atoms with Crippen LogP contribution in [0, 0.1) is 19.8 Å². The molecule has 0 bridgehead atoms. The van der Waals surface area contributed by atoms with Crippen molar-refractivity contribution in [1.29, 1.82) is 0 Å². The number of halogens is 1. The van der Waals surface area contributed by atoms with Gasteiger partial charge in [-0.1, -0.05) is 13.8 Å². The van der Waals surface area contributed by atoms with Crippen molar-refractivity contribution in [2.75, 3.05) is 0 Å². The molecular formula is C12H22ClNO. The molecule has 2 N–H and O–H groups in total. The molecule has 0 amide bonds. The van der Waals surface area contributed by atoms with Gasteiger partial charge in [-0.05, 0) is 44.2 Å². The molecule has 0 spiro atoms. The van der Waals surface area contributed by atoms with Crippen molar-refractivity contribution in [3.05, 3.63) is 23.2 Å². The Hall–Kier alpha value is -0.470. The highest BCUT2D eigenvalue weighted by Gasteiger charge is 2.12. The first-order valence-electron chi connectivity index (χ1n) is 5.33. The molecule has 0 saturated carbocycles. The van der Waals surface area contributed by atoms with E-state index < -0.39 is 0 Å². The van der Waals surface area contributed by atoms with Gasteiger partial charge in [-0.15, -0.1) is 12.4 Å². The van der Waals surface area contributed by atoms with Gasteiger partial charge in [-0.25, -0.2) is 0 Å². The van der Waals surface area contributed by atoms with Gasteiger partial charge in [0.25, 0.3) is 0 Å². The van der Waals surface area contributed by atoms with Crippen molar-refractivity contribution in [2.24, 2.45) is 11.7 Å². The quantitative estimate of drug-likeness (QED) is 0.857. The summed E-state index contributed by atoms with van der Waals surface area (Å²) in [6.45, 7) is 8.46. The molecule has 0 aliphatic heterocycles. The Balaban J connectivity index is 0.00000196. The smallest absolute Gasteiger partial charge is 0.121 e. The molecule has 0 aliphatic carbocycles. The number of nitrogens with two attached hydrogens (primary N) is 1. The van der Waals surface area contributed by atoms with Crippen LogP contribution in [-0.2, 0) is 0 Å². The SMILES string of the molecule is Cc1cc([C@@H](N)CCC(C)C)oc1C.Cl. The molecule has 1 rings (SSSR count). The fourth-order valence-electron chi connectivity index (χ4n) is 1.44. The minimum atomic E-state index is 0. The Kier molecular flexibility index (Phi) is 5.99. The van der Waals surface area contributed by atoms with Crippen LogP contribution in [0.3, 0.4) is 0 Å². The maximum atomic E-state index is 6.03. The van der Waals surface area contributed by atoms with Crippen molar-refractivity contribution in [3.8, 4) is 0 Å². The maximum Gasteiger partial charge on any atom is 0.121 e. The fraction of sp³-hybridized carbons (Fsp3) is 0.667. The van der Waals surface area contributed by atoms with Gasteiger partial charge in [0.1, 0.15) is 11.5 Å². The molecule has 2 nitrogen and oxygen atoms in total. The summed E-state index contributed by atoms with van der Waals surface area (Å²) in [5.41, 5.74) is 7.23. The van der Waals surface area contributed by atoms with Gasteiger partial charge in [0.2, 0.25) is 0 Å². The number of aryl methyl sites for hydroxylation is 2. The topological polar surface area (TPSA) is 39.2 Å².